The Balaban J connectivity index is 2.19. The Morgan fingerprint density at radius 1 is 1.22 bits per heavy atom. The summed E-state index contributed by atoms with van der Waals surface area (Å²) in [6, 6.07) is 9.16. The van der Waals surface area contributed by atoms with Gasteiger partial charge in [-0.05, 0) is 12.1 Å². The van der Waals surface area contributed by atoms with Crippen LogP contribution in [0.5, 0.6) is 5.75 Å². The Kier molecular flexibility index (Phi) is 7.36. The highest BCUT2D eigenvalue weighted by Gasteiger charge is 2.10. The lowest BCUT2D eigenvalue weighted by Gasteiger charge is -2.18. The van der Waals surface area contributed by atoms with Crippen LogP contribution in [0.25, 0.3) is 0 Å². The molecule has 1 aromatic carbocycles. The predicted molar refractivity (Wildman–Crippen MR) is 68.7 cm³/mol. The summed E-state index contributed by atoms with van der Waals surface area (Å²) in [7, 11) is 1.57. The standard InChI is InChI=1S/C13H21NO4/c1-17-9-11(8-15)14-7-12(16)10-18-13-5-3-2-4-6-13/h2-6,11-12,14-16H,7-10H2,1H3. The van der Waals surface area contributed by atoms with Crippen LogP contribution in [-0.2, 0) is 4.74 Å². The maximum Gasteiger partial charge on any atom is 0.119 e. The first-order valence-corrected chi connectivity index (χ1v) is 5.95. The normalized spacial score (nSPS) is 14.2. The molecule has 0 saturated heterocycles. The van der Waals surface area contributed by atoms with E-state index in [-0.39, 0.29) is 19.3 Å². The van der Waals surface area contributed by atoms with Gasteiger partial charge in [0.25, 0.3) is 0 Å². The van der Waals surface area contributed by atoms with Gasteiger partial charge in [-0.25, -0.2) is 0 Å². The van der Waals surface area contributed by atoms with Gasteiger partial charge in [-0.1, -0.05) is 18.2 Å². The van der Waals surface area contributed by atoms with Gasteiger partial charge in [0.1, 0.15) is 18.5 Å². The van der Waals surface area contributed by atoms with Crippen LogP contribution >= 0.6 is 0 Å². The summed E-state index contributed by atoms with van der Waals surface area (Å²) >= 11 is 0. The summed E-state index contributed by atoms with van der Waals surface area (Å²) in [5.74, 6) is 0.729. The zero-order chi connectivity index (χ0) is 13.2. The Labute approximate surface area is 107 Å². The molecule has 1 rings (SSSR count). The van der Waals surface area contributed by atoms with Crippen molar-refractivity contribution in [3.63, 3.8) is 0 Å². The smallest absolute Gasteiger partial charge is 0.119 e. The first kappa shape index (κ1) is 14.9. The molecule has 0 aliphatic rings. The number of aliphatic hydroxyl groups is 2. The minimum absolute atomic E-state index is 0.0277. The van der Waals surface area contributed by atoms with Crippen LogP contribution in [0.4, 0.5) is 0 Å². The zero-order valence-electron chi connectivity index (χ0n) is 10.6. The maximum absolute atomic E-state index is 9.71. The second-order valence-corrected chi connectivity index (χ2v) is 4.02. The average molecular weight is 255 g/mol. The molecule has 0 spiro atoms. The van der Waals surface area contributed by atoms with Crippen molar-refractivity contribution in [3.8, 4) is 5.75 Å². The Hall–Kier alpha value is -1.14. The van der Waals surface area contributed by atoms with Crippen molar-refractivity contribution in [1.82, 2.24) is 5.32 Å². The van der Waals surface area contributed by atoms with E-state index < -0.39 is 6.10 Å². The number of benzene rings is 1. The molecule has 0 amide bonds. The molecular formula is C13H21NO4. The third-order valence-electron chi connectivity index (χ3n) is 2.42. The highest BCUT2D eigenvalue weighted by Crippen LogP contribution is 2.08. The van der Waals surface area contributed by atoms with E-state index in [1.807, 2.05) is 30.3 Å². The number of nitrogens with one attached hydrogen (secondary N) is 1. The van der Waals surface area contributed by atoms with Gasteiger partial charge >= 0.3 is 0 Å². The molecule has 0 aliphatic carbocycles. The van der Waals surface area contributed by atoms with Gasteiger partial charge in [0.2, 0.25) is 0 Å². The summed E-state index contributed by atoms with van der Waals surface area (Å²) in [6.07, 6.45) is -0.629. The molecule has 0 bridgehead atoms. The van der Waals surface area contributed by atoms with Crippen LogP contribution in [0.15, 0.2) is 30.3 Å². The highest BCUT2D eigenvalue weighted by molar-refractivity contribution is 5.20. The van der Waals surface area contributed by atoms with Crippen LogP contribution in [0.2, 0.25) is 0 Å². The quantitative estimate of drug-likeness (QED) is 0.580. The minimum Gasteiger partial charge on any atom is -0.491 e. The largest absolute Gasteiger partial charge is 0.491 e. The molecular weight excluding hydrogens is 234 g/mol. The topological polar surface area (TPSA) is 71.0 Å². The number of rotatable bonds is 9. The lowest BCUT2D eigenvalue weighted by Crippen LogP contribution is -2.42. The maximum atomic E-state index is 9.71. The molecule has 2 atom stereocenters. The third kappa shape index (κ3) is 5.97. The molecule has 102 valence electrons. The molecule has 0 aliphatic heterocycles. The van der Waals surface area contributed by atoms with Crippen LogP contribution < -0.4 is 10.1 Å². The van der Waals surface area contributed by atoms with E-state index in [4.69, 9.17) is 14.6 Å². The van der Waals surface area contributed by atoms with Gasteiger partial charge in [0, 0.05) is 13.7 Å². The van der Waals surface area contributed by atoms with Gasteiger partial charge in [0.15, 0.2) is 0 Å². The minimum atomic E-state index is -0.629. The van der Waals surface area contributed by atoms with Gasteiger partial charge in [-0.2, -0.15) is 0 Å². The summed E-state index contributed by atoms with van der Waals surface area (Å²) in [5, 5.41) is 21.7. The summed E-state index contributed by atoms with van der Waals surface area (Å²) in [4.78, 5) is 0. The second kappa shape index (κ2) is 8.88. The summed E-state index contributed by atoms with van der Waals surface area (Å²) in [6.45, 7) is 0.937. The fraction of sp³-hybridized carbons (Fsp3) is 0.538. The van der Waals surface area contributed by atoms with Crippen LogP contribution in [0.1, 0.15) is 0 Å². The molecule has 0 saturated carbocycles. The van der Waals surface area contributed by atoms with E-state index >= 15 is 0 Å². The van der Waals surface area contributed by atoms with E-state index in [0.29, 0.717) is 13.2 Å². The number of ether oxygens (including phenoxy) is 2. The number of para-hydroxylation sites is 1. The fourth-order valence-corrected chi connectivity index (χ4v) is 1.45. The molecule has 18 heavy (non-hydrogen) atoms. The summed E-state index contributed by atoms with van der Waals surface area (Å²) < 4.78 is 10.3. The molecule has 1 aromatic rings. The number of aliphatic hydroxyl groups excluding tert-OH is 2. The van der Waals surface area contributed by atoms with Crippen molar-refractivity contribution in [2.45, 2.75) is 12.1 Å². The monoisotopic (exact) mass is 255 g/mol. The van der Waals surface area contributed by atoms with Crippen LogP contribution in [-0.4, -0.2) is 55.8 Å². The number of hydrogen-bond acceptors (Lipinski definition) is 5. The van der Waals surface area contributed by atoms with E-state index in [1.54, 1.807) is 7.11 Å². The molecule has 2 unspecified atom stereocenters. The predicted octanol–water partition coefficient (Wildman–Crippen LogP) is 0.0232. The second-order valence-electron chi connectivity index (χ2n) is 4.02. The first-order valence-electron chi connectivity index (χ1n) is 5.95. The highest BCUT2D eigenvalue weighted by atomic mass is 16.5. The van der Waals surface area contributed by atoms with Crippen molar-refractivity contribution in [1.29, 1.82) is 0 Å². The molecule has 0 heterocycles. The molecule has 0 fully saturated rings. The molecule has 5 heteroatoms. The Morgan fingerprint density at radius 3 is 2.56 bits per heavy atom. The number of methoxy groups -OCH3 is 1. The summed E-state index contributed by atoms with van der Waals surface area (Å²) in [5.41, 5.74) is 0. The van der Waals surface area contributed by atoms with E-state index in [0.717, 1.165) is 5.75 Å². The molecule has 3 N–H and O–H groups in total. The van der Waals surface area contributed by atoms with E-state index in [2.05, 4.69) is 5.32 Å². The first-order chi connectivity index (χ1) is 8.76. The van der Waals surface area contributed by atoms with Gasteiger partial charge in [-0.15, -0.1) is 0 Å². The average Bonchev–Trinajstić information content (AvgIpc) is 2.42. The van der Waals surface area contributed by atoms with Crippen molar-refractivity contribution in [2.75, 3.05) is 33.5 Å². The lowest BCUT2D eigenvalue weighted by atomic mass is 10.3. The Morgan fingerprint density at radius 2 is 1.94 bits per heavy atom. The van der Waals surface area contributed by atoms with Crippen molar-refractivity contribution >= 4 is 0 Å². The lowest BCUT2D eigenvalue weighted by molar-refractivity contribution is 0.0854. The fourth-order valence-electron chi connectivity index (χ4n) is 1.45. The van der Waals surface area contributed by atoms with Gasteiger partial charge in [0.05, 0.1) is 19.3 Å². The SMILES string of the molecule is COCC(CO)NCC(O)COc1ccccc1. The molecule has 5 nitrogen and oxygen atoms in total. The van der Waals surface area contributed by atoms with Crippen molar-refractivity contribution in [3.05, 3.63) is 30.3 Å². The van der Waals surface area contributed by atoms with Crippen LogP contribution in [0, 0.1) is 0 Å². The number of hydrogen-bond donors (Lipinski definition) is 3. The van der Waals surface area contributed by atoms with Gasteiger partial charge < -0.3 is 25.0 Å². The zero-order valence-corrected chi connectivity index (χ0v) is 10.6. The van der Waals surface area contributed by atoms with Gasteiger partial charge in [-0.3, -0.25) is 0 Å². The van der Waals surface area contributed by atoms with Crippen molar-refractivity contribution in [2.24, 2.45) is 0 Å². The molecule has 0 radical (unpaired) electrons. The molecule has 0 aromatic heterocycles. The van der Waals surface area contributed by atoms with Crippen molar-refractivity contribution < 1.29 is 19.7 Å². The van der Waals surface area contributed by atoms with E-state index in [1.165, 1.54) is 0 Å². The van der Waals surface area contributed by atoms with E-state index in [9.17, 15) is 5.11 Å². The van der Waals surface area contributed by atoms with Crippen LogP contribution in [0.3, 0.4) is 0 Å². The Bertz CT molecular complexity index is 307. The third-order valence-corrected chi connectivity index (χ3v) is 2.42.